The van der Waals surface area contributed by atoms with E-state index in [9.17, 15) is 4.79 Å². The minimum atomic E-state index is -0.380. The zero-order valence-electron chi connectivity index (χ0n) is 17.8. The first-order valence-electron chi connectivity index (χ1n) is 10.5. The molecule has 1 N–H and O–H groups in total. The van der Waals surface area contributed by atoms with Gasteiger partial charge in [-0.3, -0.25) is 0 Å². The molecule has 4 rings (SSSR count). The van der Waals surface area contributed by atoms with E-state index in [2.05, 4.69) is 69.2 Å². The number of carbonyl (C=O) groups excluding carboxylic acids is 1. The summed E-state index contributed by atoms with van der Waals surface area (Å²) in [7, 11) is 2.09. The summed E-state index contributed by atoms with van der Waals surface area (Å²) in [4.78, 5) is 22.7. The topological polar surface area (TPSA) is 72.3 Å². The largest absolute Gasteiger partial charge is 0.462 e. The van der Waals surface area contributed by atoms with Crippen molar-refractivity contribution in [3.05, 3.63) is 54.0 Å². The van der Waals surface area contributed by atoms with Crippen LogP contribution in [0.2, 0.25) is 0 Å². The molecule has 30 heavy (non-hydrogen) atoms. The van der Waals surface area contributed by atoms with Gasteiger partial charge in [0.25, 0.3) is 0 Å². The van der Waals surface area contributed by atoms with Crippen LogP contribution < -0.4 is 10.2 Å². The van der Waals surface area contributed by atoms with Crippen LogP contribution in [0.1, 0.15) is 29.8 Å². The highest BCUT2D eigenvalue weighted by molar-refractivity contribution is 5.88. The summed E-state index contributed by atoms with van der Waals surface area (Å²) in [5, 5.41) is 4.96. The Morgan fingerprint density at radius 3 is 2.77 bits per heavy atom. The molecule has 2 unspecified atom stereocenters. The van der Waals surface area contributed by atoms with Crippen LogP contribution in [0.5, 0.6) is 0 Å². The fourth-order valence-corrected chi connectivity index (χ4v) is 4.23. The standard InChI is InChI=1S/C23H29N5O2/c1-4-30-22(29)17-11-25-23(26-12-17)28-13-16(2)18(15-28)9-24-10-19-14-27(3)21-8-6-5-7-20(19)21/h5-8,11-12,14,16,18,24H,4,9-10,13,15H2,1-3H3. The van der Waals surface area contributed by atoms with Crippen LogP contribution in [0.25, 0.3) is 10.9 Å². The van der Waals surface area contributed by atoms with E-state index in [4.69, 9.17) is 4.74 Å². The summed E-state index contributed by atoms with van der Waals surface area (Å²) in [6.45, 7) is 8.03. The molecular formula is C23H29N5O2. The highest BCUT2D eigenvalue weighted by Crippen LogP contribution is 2.26. The lowest BCUT2D eigenvalue weighted by molar-refractivity contribution is 0.0525. The van der Waals surface area contributed by atoms with E-state index in [1.54, 1.807) is 19.3 Å². The monoisotopic (exact) mass is 407 g/mol. The molecule has 0 radical (unpaired) electrons. The molecule has 0 amide bonds. The number of rotatable bonds is 7. The number of benzene rings is 1. The summed E-state index contributed by atoms with van der Waals surface area (Å²) < 4.78 is 7.18. The van der Waals surface area contributed by atoms with Crippen LogP contribution in [-0.2, 0) is 18.3 Å². The minimum Gasteiger partial charge on any atom is -0.462 e. The van der Waals surface area contributed by atoms with E-state index < -0.39 is 0 Å². The van der Waals surface area contributed by atoms with Crippen LogP contribution in [0.15, 0.2) is 42.9 Å². The van der Waals surface area contributed by atoms with E-state index in [0.717, 1.165) is 26.2 Å². The van der Waals surface area contributed by atoms with Gasteiger partial charge in [-0.2, -0.15) is 0 Å². The zero-order valence-corrected chi connectivity index (χ0v) is 17.8. The van der Waals surface area contributed by atoms with E-state index in [1.807, 2.05) is 0 Å². The molecule has 2 atom stereocenters. The van der Waals surface area contributed by atoms with Crippen molar-refractivity contribution in [3.63, 3.8) is 0 Å². The van der Waals surface area contributed by atoms with Crippen LogP contribution in [-0.4, -0.2) is 46.7 Å². The number of anilines is 1. The van der Waals surface area contributed by atoms with E-state index in [-0.39, 0.29) is 5.97 Å². The van der Waals surface area contributed by atoms with Gasteiger partial charge in [-0.1, -0.05) is 25.1 Å². The summed E-state index contributed by atoms with van der Waals surface area (Å²) >= 11 is 0. The molecule has 0 spiro atoms. The van der Waals surface area contributed by atoms with Crippen molar-refractivity contribution >= 4 is 22.8 Å². The number of para-hydroxylation sites is 1. The van der Waals surface area contributed by atoms with Gasteiger partial charge in [0, 0.05) is 62.7 Å². The lowest BCUT2D eigenvalue weighted by atomic mass is 9.98. The number of esters is 1. The quantitative estimate of drug-likeness (QED) is 0.607. The number of nitrogens with zero attached hydrogens (tertiary/aromatic N) is 4. The Labute approximate surface area is 177 Å². The Hall–Kier alpha value is -2.93. The fraction of sp³-hybridized carbons (Fsp3) is 0.435. The smallest absolute Gasteiger partial charge is 0.341 e. The maximum Gasteiger partial charge on any atom is 0.341 e. The van der Waals surface area contributed by atoms with Gasteiger partial charge >= 0.3 is 5.97 Å². The minimum absolute atomic E-state index is 0.345. The van der Waals surface area contributed by atoms with Crippen molar-refractivity contribution in [1.82, 2.24) is 19.9 Å². The molecule has 1 fully saturated rings. The van der Waals surface area contributed by atoms with Gasteiger partial charge in [-0.25, -0.2) is 14.8 Å². The Morgan fingerprint density at radius 1 is 1.23 bits per heavy atom. The van der Waals surface area contributed by atoms with Gasteiger partial charge in [0.05, 0.1) is 12.2 Å². The second-order valence-electron chi connectivity index (χ2n) is 8.05. The molecule has 3 aromatic rings. The Bertz CT molecular complexity index is 1010. The molecule has 7 nitrogen and oxygen atoms in total. The number of hydrogen-bond donors (Lipinski definition) is 1. The molecule has 1 aromatic carbocycles. The molecule has 7 heteroatoms. The molecule has 1 saturated heterocycles. The van der Waals surface area contributed by atoms with Gasteiger partial charge in [-0.05, 0) is 30.4 Å². The molecule has 0 aliphatic carbocycles. The average molecular weight is 408 g/mol. The summed E-state index contributed by atoms with van der Waals surface area (Å²) in [5.74, 6) is 1.35. The maximum atomic E-state index is 11.8. The summed E-state index contributed by atoms with van der Waals surface area (Å²) in [6.07, 6.45) is 5.31. The van der Waals surface area contributed by atoms with Crippen LogP contribution in [0.3, 0.4) is 0 Å². The van der Waals surface area contributed by atoms with Crippen molar-refractivity contribution in [1.29, 1.82) is 0 Å². The molecule has 1 aliphatic heterocycles. The van der Waals surface area contributed by atoms with Gasteiger partial charge in [-0.15, -0.1) is 0 Å². The summed E-state index contributed by atoms with van der Waals surface area (Å²) in [5.41, 5.74) is 2.98. The molecular weight excluding hydrogens is 378 g/mol. The molecule has 0 saturated carbocycles. The van der Waals surface area contributed by atoms with Gasteiger partial charge in [0.1, 0.15) is 0 Å². The molecule has 0 bridgehead atoms. The molecule has 158 valence electrons. The van der Waals surface area contributed by atoms with Gasteiger partial charge in [0.2, 0.25) is 5.95 Å². The SMILES string of the molecule is CCOC(=O)c1cnc(N2CC(C)C(CNCc3cn(C)c4ccccc34)C2)nc1. The number of nitrogens with one attached hydrogen (secondary N) is 1. The third-order valence-electron chi connectivity index (χ3n) is 5.90. The molecule has 2 aromatic heterocycles. The number of fused-ring (bicyclic) bond motifs is 1. The number of aryl methyl sites for hydroxylation is 1. The second kappa shape index (κ2) is 8.83. The number of carbonyl (C=O) groups is 1. The van der Waals surface area contributed by atoms with Crippen molar-refractivity contribution in [2.75, 3.05) is 31.1 Å². The van der Waals surface area contributed by atoms with Crippen LogP contribution in [0.4, 0.5) is 5.95 Å². The third kappa shape index (κ3) is 4.16. The van der Waals surface area contributed by atoms with Gasteiger partial charge in [0.15, 0.2) is 0 Å². The van der Waals surface area contributed by atoms with E-state index >= 15 is 0 Å². The number of aromatic nitrogens is 3. The molecule has 1 aliphatic rings. The highest BCUT2D eigenvalue weighted by atomic mass is 16.5. The van der Waals surface area contributed by atoms with Crippen molar-refractivity contribution < 1.29 is 9.53 Å². The van der Waals surface area contributed by atoms with Crippen LogP contribution >= 0.6 is 0 Å². The predicted octanol–water partition coefficient (Wildman–Crippen LogP) is 3.01. The van der Waals surface area contributed by atoms with Crippen molar-refractivity contribution in [3.8, 4) is 0 Å². The number of hydrogen-bond acceptors (Lipinski definition) is 6. The first kappa shape index (κ1) is 20.3. The Balaban J connectivity index is 1.33. The first-order valence-corrected chi connectivity index (χ1v) is 10.5. The van der Waals surface area contributed by atoms with Gasteiger partial charge < -0.3 is 19.5 Å². The predicted molar refractivity (Wildman–Crippen MR) is 117 cm³/mol. The van der Waals surface area contributed by atoms with Crippen molar-refractivity contribution in [2.24, 2.45) is 18.9 Å². The second-order valence-corrected chi connectivity index (χ2v) is 8.05. The third-order valence-corrected chi connectivity index (χ3v) is 5.90. The Morgan fingerprint density at radius 2 is 2.00 bits per heavy atom. The normalized spacial score (nSPS) is 18.8. The van der Waals surface area contributed by atoms with E-state index in [1.165, 1.54) is 16.5 Å². The zero-order chi connectivity index (χ0) is 21.1. The summed E-state index contributed by atoms with van der Waals surface area (Å²) in [6, 6.07) is 8.51. The van der Waals surface area contributed by atoms with Crippen molar-refractivity contribution in [2.45, 2.75) is 20.4 Å². The lowest BCUT2D eigenvalue weighted by Crippen LogP contribution is -2.28. The average Bonchev–Trinajstić information content (AvgIpc) is 3.29. The highest BCUT2D eigenvalue weighted by Gasteiger charge is 2.30. The first-order chi connectivity index (χ1) is 14.6. The fourth-order valence-electron chi connectivity index (χ4n) is 4.23. The molecule has 3 heterocycles. The lowest BCUT2D eigenvalue weighted by Gasteiger charge is -2.16. The van der Waals surface area contributed by atoms with E-state index in [0.29, 0.717) is 30.0 Å². The maximum absolute atomic E-state index is 11.8. The number of ether oxygens (including phenoxy) is 1. The Kier molecular flexibility index (Phi) is 5.99. The van der Waals surface area contributed by atoms with Crippen LogP contribution in [0, 0.1) is 11.8 Å².